The molecule has 0 aliphatic heterocycles. The second-order valence-electron chi connectivity index (χ2n) is 1.62. The van der Waals surface area contributed by atoms with E-state index in [1.807, 2.05) is 0 Å². The SMILES string of the molecule is N/N=C(/N)c1[nH]cnc1O. The summed E-state index contributed by atoms with van der Waals surface area (Å²) in [6.45, 7) is 0. The van der Waals surface area contributed by atoms with Crippen molar-refractivity contribution in [3.8, 4) is 5.88 Å². The fraction of sp³-hybridized carbons (Fsp3) is 0. The standard InChI is InChI=1S/C4H7N5O/c5-3(9-6)2-4(10)8-1-7-2/h1,10H,6H2,(H2,5,9)(H,7,8). The van der Waals surface area contributed by atoms with Gasteiger partial charge < -0.3 is 21.7 Å². The van der Waals surface area contributed by atoms with Gasteiger partial charge in [0.1, 0.15) is 5.69 Å². The molecule has 6 N–H and O–H groups in total. The lowest BCUT2D eigenvalue weighted by atomic mass is 10.4. The first kappa shape index (κ1) is 6.40. The molecule has 0 bridgehead atoms. The molecule has 6 nitrogen and oxygen atoms in total. The van der Waals surface area contributed by atoms with Gasteiger partial charge in [0.2, 0.25) is 5.88 Å². The van der Waals surface area contributed by atoms with Crippen LogP contribution in [0.4, 0.5) is 0 Å². The molecule has 0 aromatic carbocycles. The average molecular weight is 141 g/mol. The van der Waals surface area contributed by atoms with Crippen molar-refractivity contribution in [2.45, 2.75) is 0 Å². The number of aromatic nitrogens is 2. The Labute approximate surface area is 56.6 Å². The maximum atomic E-state index is 8.89. The summed E-state index contributed by atoms with van der Waals surface area (Å²) in [7, 11) is 0. The number of rotatable bonds is 1. The predicted octanol–water partition coefficient (Wildman–Crippen LogP) is -1.31. The van der Waals surface area contributed by atoms with Crippen LogP contribution in [0.15, 0.2) is 11.4 Å². The van der Waals surface area contributed by atoms with Crippen LogP contribution in [0.5, 0.6) is 5.88 Å². The van der Waals surface area contributed by atoms with Crippen molar-refractivity contribution in [1.29, 1.82) is 0 Å². The van der Waals surface area contributed by atoms with Crippen molar-refractivity contribution in [2.75, 3.05) is 0 Å². The Morgan fingerprint density at radius 3 is 2.90 bits per heavy atom. The largest absolute Gasteiger partial charge is 0.492 e. The number of amidine groups is 1. The maximum absolute atomic E-state index is 8.89. The summed E-state index contributed by atoms with van der Waals surface area (Å²) < 4.78 is 0. The number of aromatic hydroxyl groups is 1. The molecular formula is C4H7N5O. The van der Waals surface area contributed by atoms with Gasteiger partial charge in [0.15, 0.2) is 5.84 Å². The summed E-state index contributed by atoms with van der Waals surface area (Å²) >= 11 is 0. The number of nitrogens with zero attached hydrogens (tertiary/aromatic N) is 2. The third-order valence-electron chi connectivity index (χ3n) is 1.01. The van der Waals surface area contributed by atoms with Gasteiger partial charge >= 0.3 is 0 Å². The monoisotopic (exact) mass is 141 g/mol. The number of aromatic amines is 1. The van der Waals surface area contributed by atoms with Gasteiger partial charge in [-0.05, 0) is 0 Å². The number of nitrogens with one attached hydrogen (secondary N) is 1. The molecule has 6 heteroatoms. The molecule has 0 saturated carbocycles. The molecule has 0 amide bonds. The number of hydrogen-bond donors (Lipinski definition) is 4. The number of H-pyrrole nitrogens is 1. The van der Waals surface area contributed by atoms with Crippen molar-refractivity contribution >= 4 is 5.84 Å². The van der Waals surface area contributed by atoms with Crippen LogP contribution in [0.1, 0.15) is 5.69 Å². The maximum Gasteiger partial charge on any atom is 0.240 e. The van der Waals surface area contributed by atoms with E-state index in [0.29, 0.717) is 0 Å². The first-order valence-electron chi connectivity index (χ1n) is 2.51. The zero-order valence-electron chi connectivity index (χ0n) is 5.07. The zero-order chi connectivity index (χ0) is 7.56. The minimum absolute atomic E-state index is 0.0231. The number of hydrogen-bond acceptors (Lipinski definition) is 4. The molecule has 0 radical (unpaired) electrons. The molecule has 1 aromatic heterocycles. The predicted molar refractivity (Wildman–Crippen MR) is 35.2 cm³/mol. The van der Waals surface area contributed by atoms with Crippen LogP contribution in [-0.4, -0.2) is 20.9 Å². The molecule has 0 atom stereocenters. The first-order valence-corrected chi connectivity index (χ1v) is 2.51. The molecule has 0 aliphatic rings. The quantitative estimate of drug-likeness (QED) is 0.168. The highest BCUT2D eigenvalue weighted by Gasteiger charge is 2.06. The normalized spacial score (nSPS) is 11.8. The van der Waals surface area contributed by atoms with Gasteiger partial charge in [-0.15, -0.1) is 0 Å². The Morgan fingerprint density at radius 1 is 1.80 bits per heavy atom. The molecule has 10 heavy (non-hydrogen) atoms. The molecule has 1 heterocycles. The highest BCUT2D eigenvalue weighted by Crippen LogP contribution is 2.07. The summed E-state index contributed by atoms with van der Waals surface area (Å²) in [6.07, 6.45) is 1.29. The van der Waals surface area contributed by atoms with Crippen LogP contribution in [0.3, 0.4) is 0 Å². The molecule has 54 valence electrons. The van der Waals surface area contributed by atoms with Crippen LogP contribution in [0.25, 0.3) is 0 Å². The smallest absolute Gasteiger partial charge is 0.240 e. The topological polar surface area (TPSA) is 113 Å². The van der Waals surface area contributed by atoms with Crippen LogP contribution >= 0.6 is 0 Å². The lowest BCUT2D eigenvalue weighted by Gasteiger charge is -1.92. The Kier molecular flexibility index (Phi) is 1.44. The van der Waals surface area contributed by atoms with E-state index in [1.54, 1.807) is 0 Å². The fourth-order valence-electron chi connectivity index (χ4n) is 0.540. The van der Waals surface area contributed by atoms with Crippen molar-refractivity contribution in [1.82, 2.24) is 9.97 Å². The summed E-state index contributed by atoms with van der Waals surface area (Å²) in [6, 6.07) is 0. The van der Waals surface area contributed by atoms with Gasteiger partial charge in [0.25, 0.3) is 0 Å². The molecule has 1 rings (SSSR count). The Balaban J connectivity index is 3.05. The number of hydrazone groups is 1. The van der Waals surface area contributed by atoms with E-state index in [2.05, 4.69) is 15.1 Å². The molecule has 0 unspecified atom stereocenters. The Bertz CT molecular complexity index is 252. The number of nitrogens with two attached hydrogens (primary N) is 2. The molecule has 0 aliphatic carbocycles. The van der Waals surface area contributed by atoms with E-state index < -0.39 is 0 Å². The van der Waals surface area contributed by atoms with E-state index in [-0.39, 0.29) is 17.4 Å². The zero-order valence-corrected chi connectivity index (χ0v) is 5.07. The van der Waals surface area contributed by atoms with E-state index in [0.717, 1.165) is 0 Å². The van der Waals surface area contributed by atoms with Crippen LogP contribution in [0.2, 0.25) is 0 Å². The highest BCUT2D eigenvalue weighted by molar-refractivity contribution is 5.97. The molecule has 1 aromatic rings. The molecule has 0 fully saturated rings. The summed E-state index contributed by atoms with van der Waals surface area (Å²) in [5.74, 6) is 4.66. The van der Waals surface area contributed by atoms with Gasteiger partial charge in [-0.25, -0.2) is 4.98 Å². The second kappa shape index (κ2) is 2.26. The van der Waals surface area contributed by atoms with Crippen molar-refractivity contribution < 1.29 is 5.11 Å². The molecule has 0 saturated heterocycles. The van der Waals surface area contributed by atoms with E-state index in [9.17, 15) is 0 Å². The second-order valence-corrected chi connectivity index (χ2v) is 1.62. The van der Waals surface area contributed by atoms with E-state index >= 15 is 0 Å². The van der Waals surface area contributed by atoms with Crippen molar-refractivity contribution in [3.63, 3.8) is 0 Å². The third kappa shape index (κ3) is 0.859. The van der Waals surface area contributed by atoms with Crippen LogP contribution in [0, 0.1) is 0 Å². The van der Waals surface area contributed by atoms with Crippen molar-refractivity contribution in [3.05, 3.63) is 12.0 Å². The summed E-state index contributed by atoms with van der Waals surface area (Å²) in [5, 5.41) is 12.0. The third-order valence-corrected chi connectivity index (χ3v) is 1.01. The van der Waals surface area contributed by atoms with E-state index in [4.69, 9.17) is 16.7 Å². The van der Waals surface area contributed by atoms with E-state index in [1.165, 1.54) is 6.33 Å². The lowest BCUT2D eigenvalue weighted by Crippen LogP contribution is -2.15. The van der Waals surface area contributed by atoms with Gasteiger partial charge in [0, 0.05) is 0 Å². The van der Waals surface area contributed by atoms with Gasteiger partial charge in [-0.1, -0.05) is 0 Å². The average Bonchev–Trinajstić information content (AvgIpc) is 2.34. The minimum atomic E-state index is -0.202. The summed E-state index contributed by atoms with van der Waals surface area (Å²) in [4.78, 5) is 6.03. The first-order chi connectivity index (χ1) is 4.75. The highest BCUT2D eigenvalue weighted by atomic mass is 16.3. The minimum Gasteiger partial charge on any atom is -0.492 e. The molecule has 0 spiro atoms. The Morgan fingerprint density at radius 2 is 2.50 bits per heavy atom. The van der Waals surface area contributed by atoms with Crippen LogP contribution in [-0.2, 0) is 0 Å². The lowest BCUT2D eigenvalue weighted by molar-refractivity contribution is 0.455. The van der Waals surface area contributed by atoms with Gasteiger partial charge in [-0.2, -0.15) is 5.10 Å². The molecular weight excluding hydrogens is 134 g/mol. The summed E-state index contributed by atoms with van der Waals surface area (Å²) in [5.41, 5.74) is 5.47. The van der Waals surface area contributed by atoms with Gasteiger partial charge in [0.05, 0.1) is 6.33 Å². The van der Waals surface area contributed by atoms with Gasteiger partial charge in [-0.3, -0.25) is 0 Å². The van der Waals surface area contributed by atoms with Crippen molar-refractivity contribution in [2.24, 2.45) is 16.7 Å². The Hall–Kier alpha value is -1.72. The number of imidazole rings is 1. The van der Waals surface area contributed by atoms with Crippen LogP contribution < -0.4 is 11.6 Å². The fourth-order valence-corrected chi connectivity index (χ4v) is 0.540.